The van der Waals surface area contributed by atoms with Crippen LogP contribution in [-0.4, -0.2) is 27.3 Å². The Labute approximate surface area is 112 Å². The van der Waals surface area contributed by atoms with Gasteiger partial charge in [-0.3, -0.25) is 0 Å². The standard InChI is InChI=1S/C13H19N5O/c1-13(2,3)8-18-12(15-16-17-18)11-9(14)6-5-7-10(11)19-4/h5-7H,8,14H2,1-4H3. The van der Waals surface area contributed by atoms with Crippen molar-refractivity contribution in [2.24, 2.45) is 5.41 Å². The summed E-state index contributed by atoms with van der Waals surface area (Å²) >= 11 is 0. The normalized spacial score (nSPS) is 11.6. The van der Waals surface area contributed by atoms with Crippen LogP contribution in [-0.2, 0) is 6.54 Å². The average molecular weight is 261 g/mol. The monoisotopic (exact) mass is 261 g/mol. The lowest BCUT2D eigenvalue weighted by Gasteiger charge is -2.19. The van der Waals surface area contributed by atoms with Gasteiger partial charge in [0, 0.05) is 12.2 Å². The summed E-state index contributed by atoms with van der Waals surface area (Å²) in [4.78, 5) is 0. The minimum Gasteiger partial charge on any atom is -0.496 e. The molecule has 0 aliphatic heterocycles. The lowest BCUT2D eigenvalue weighted by Crippen LogP contribution is -2.18. The minimum absolute atomic E-state index is 0.0703. The molecule has 1 heterocycles. The van der Waals surface area contributed by atoms with Gasteiger partial charge < -0.3 is 10.5 Å². The van der Waals surface area contributed by atoms with E-state index in [0.29, 0.717) is 23.8 Å². The van der Waals surface area contributed by atoms with Crippen LogP contribution in [0.4, 0.5) is 5.69 Å². The molecule has 0 saturated carbocycles. The molecule has 0 atom stereocenters. The predicted molar refractivity (Wildman–Crippen MR) is 73.7 cm³/mol. The van der Waals surface area contributed by atoms with Crippen LogP contribution in [0.2, 0.25) is 0 Å². The van der Waals surface area contributed by atoms with Crippen molar-refractivity contribution >= 4 is 5.69 Å². The van der Waals surface area contributed by atoms with Crippen molar-refractivity contribution in [3.05, 3.63) is 18.2 Å². The second-order valence-electron chi connectivity index (χ2n) is 5.65. The molecular weight excluding hydrogens is 242 g/mol. The number of tetrazole rings is 1. The fraction of sp³-hybridized carbons (Fsp3) is 0.462. The number of rotatable bonds is 3. The second kappa shape index (κ2) is 4.87. The smallest absolute Gasteiger partial charge is 0.187 e. The van der Waals surface area contributed by atoms with E-state index in [-0.39, 0.29) is 5.41 Å². The average Bonchev–Trinajstić information content (AvgIpc) is 2.74. The van der Waals surface area contributed by atoms with E-state index in [2.05, 4.69) is 36.3 Å². The second-order valence-corrected chi connectivity index (χ2v) is 5.65. The van der Waals surface area contributed by atoms with E-state index >= 15 is 0 Å². The van der Waals surface area contributed by atoms with Gasteiger partial charge in [-0.25, -0.2) is 4.68 Å². The number of nitrogens with zero attached hydrogens (tertiary/aromatic N) is 4. The number of methoxy groups -OCH3 is 1. The summed E-state index contributed by atoms with van der Waals surface area (Å²) in [7, 11) is 1.61. The number of anilines is 1. The molecule has 1 aromatic heterocycles. The number of hydrogen-bond acceptors (Lipinski definition) is 5. The molecule has 0 unspecified atom stereocenters. The zero-order chi connectivity index (χ0) is 14.0. The number of nitrogen functional groups attached to an aromatic ring is 1. The Hall–Kier alpha value is -2.11. The van der Waals surface area contributed by atoms with Gasteiger partial charge in [-0.15, -0.1) is 5.10 Å². The van der Waals surface area contributed by atoms with E-state index in [1.165, 1.54) is 0 Å². The first-order valence-electron chi connectivity index (χ1n) is 6.11. The van der Waals surface area contributed by atoms with Gasteiger partial charge in [0.25, 0.3) is 0 Å². The SMILES string of the molecule is COc1cccc(N)c1-c1nnnn1CC(C)(C)C. The first kappa shape index (κ1) is 13.3. The Morgan fingerprint density at radius 1 is 1.32 bits per heavy atom. The van der Waals surface area contributed by atoms with Crippen molar-refractivity contribution in [1.29, 1.82) is 0 Å². The van der Waals surface area contributed by atoms with Crippen molar-refractivity contribution in [3.8, 4) is 17.1 Å². The zero-order valence-corrected chi connectivity index (χ0v) is 11.7. The van der Waals surface area contributed by atoms with Crippen molar-refractivity contribution < 1.29 is 4.74 Å². The molecule has 2 rings (SSSR count). The summed E-state index contributed by atoms with van der Waals surface area (Å²) in [5.41, 5.74) is 7.44. The van der Waals surface area contributed by atoms with Gasteiger partial charge in [0.05, 0.1) is 12.7 Å². The van der Waals surface area contributed by atoms with Gasteiger partial charge in [-0.2, -0.15) is 0 Å². The summed E-state index contributed by atoms with van der Waals surface area (Å²) in [6, 6.07) is 5.51. The van der Waals surface area contributed by atoms with Crippen LogP contribution in [0.5, 0.6) is 5.75 Å². The van der Waals surface area contributed by atoms with E-state index in [0.717, 1.165) is 5.56 Å². The molecule has 0 aliphatic carbocycles. The Bertz CT molecular complexity index is 571. The Morgan fingerprint density at radius 3 is 2.68 bits per heavy atom. The largest absolute Gasteiger partial charge is 0.496 e. The third-order valence-electron chi connectivity index (χ3n) is 2.66. The van der Waals surface area contributed by atoms with E-state index in [9.17, 15) is 0 Å². The van der Waals surface area contributed by atoms with Crippen LogP contribution >= 0.6 is 0 Å². The van der Waals surface area contributed by atoms with Crippen LogP contribution in [0.1, 0.15) is 20.8 Å². The number of ether oxygens (including phenoxy) is 1. The third kappa shape index (κ3) is 2.83. The predicted octanol–water partition coefficient (Wildman–Crippen LogP) is 1.98. The van der Waals surface area contributed by atoms with Crippen molar-refractivity contribution in [2.45, 2.75) is 27.3 Å². The third-order valence-corrected chi connectivity index (χ3v) is 2.66. The fourth-order valence-corrected chi connectivity index (χ4v) is 1.90. The van der Waals surface area contributed by atoms with Gasteiger partial charge in [0.2, 0.25) is 0 Å². The maximum atomic E-state index is 6.03. The van der Waals surface area contributed by atoms with Crippen LogP contribution in [0.25, 0.3) is 11.4 Å². The van der Waals surface area contributed by atoms with Crippen LogP contribution in [0.15, 0.2) is 18.2 Å². The molecule has 0 spiro atoms. The quantitative estimate of drug-likeness (QED) is 0.855. The highest BCUT2D eigenvalue weighted by atomic mass is 16.5. The van der Waals surface area contributed by atoms with Gasteiger partial charge in [-0.05, 0) is 28.0 Å². The molecule has 0 bridgehead atoms. The molecule has 0 saturated heterocycles. The number of nitrogens with two attached hydrogens (primary N) is 1. The number of aromatic nitrogens is 4. The van der Waals surface area contributed by atoms with E-state index in [4.69, 9.17) is 10.5 Å². The first-order valence-corrected chi connectivity index (χ1v) is 6.11. The molecule has 6 heteroatoms. The molecule has 2 aromatic rings. The summed E-state index contributed by atoms with van der Waals surface area (Å²) in [5, 5.41) is 11.9. The van der Waals surface area contributed by atoms with Crippen LogP contribution < -0.4 is 10.5 Å². The van der Waals surface area contributed by atoms with Crippen molar-refractivity contribution in [1.82, 2.24) is 20.2 Å². The molecule has 1 aromatic carbocycles. The minimum atomic E-state index is 0.0703. The molecule has 0 radical (unpaired) electrons. The van der Waals surface area contributed by atoms with Crippen molar-refractivity contribution in [2.75, 3.05) is 12.8 Å². The molecule has 19 heavy (non-hydrogen) atoms. The highest BCUT2D eigenvalue weighted by Crippen LogP contribution is 2.34. The lowest BCUT2D eigenvalue weighted by atomic mass is 9.97. The lowest BCUT2D eigenvalue weighted by molar-refractivity contribution is 0.323. The molecule has 0 aliphatic rings. The Balaban J connectivity index is 2.52. The van der Waals surface area contributed by atoms with Gasteiger partial charge in [0.1, 0.15) is 5.75 Å². The topological polar surface area (TPSA) is 78.8 Å². The molecule has 6 nitrogen and oxygen atoms in total. The van der Waals surface area contributed by atoms with Gasteiger partial charge >= 0.3 is 0 Å². The molecule has 0 amide bonds. The van der Waals surface area contributed by atoms with E-state index in [1.54, 1.807) is 11.8 Å². The van der Waals surface area contributed by atoms with Gasteiger partial charge in [0.15, 0.2) is 5.82 Å². The summed E-state index contributed by atoms with van der Waals surface area (Å²) in [5.74, 6) is 1.30. The number of hydrogen-bond donors (Lipinski definition) is 1. The molecule has 2 N–H and O–H groups in total. The maximum Gasteiger partial charge on any atom is 0.187 e. The Morgan fingerprint density at radius 2 is 2.05 bits per heavy atom. The Kier molecular flexibility index (Phi) is 3.42. The summed E-state index contributed by atoms with van der Waals surface area (Å²) in [6.45, 7) is 7.09. The number of benzene rings is 1. The van der Waals surface area contributed by atoms with E-state index in [1.807, 2.05) is 18.2 Å². The summed E-state index contributed by atoms with van der Waals surface area (Å²) in [6.07, 6.45) is 0. The molecule has 102 valence electrons. The highest BCUT2D eigenvalue weighted by molar-refractivity contribution is 5.77. The maximum absolute atomic E-state index is 6.03. The highest BCUT2D eigenvalue weighted by Gasteiger charge is 2.20. The molecule has 0 fully saturated rings. The zero-order valence-electron chi connectivity index (χ0n) is 11.7. The van der Waals surface area contributed by atoms with E-state index < -0.39 is 0 Å². The van der Waals surface area contributed by atoms with Crippen LogP contribution in [0, 0.1) is 5.41 Å². The fourth-order valence-electron chi connectivity index (χ4n) is 1.90. The van der Waals surface area contributed by atoms with Gasteiger partial charge in [-0.1, -0.05) is 26.8 Å². The van der Waals surface area contributed by atoms with Crippen LogP contribution in [0.3, 0.4) is 0 Å². The van der Waals surface area contributed by atoms with Crippen molar-refractivity contribution in [3.63, 3.8) is 0 Å². The summed E-state index contributed by atoms with van der Waals surface area (Å²) < 4.78 is 7.10. The molecular formula is C13H19N5O. The first-order chi connectivity index (χ1) is 8.92.